The lowest BCUT2D eigenvalue weighted by molar-refractivity contribution is 0.344. The second-order valence-corrected chi connectivity index (χ2v) is 5.90. The zero-order chi connectivity index (χ0) is 17.8. The normalized spacial score (nSPS) is 10.8. The molecular formula is C18H19N3O3S. The van der Waals surface area contributed by atoms with Gasteiger partial charge in [0.25, 0.3) is 0 Å². The molecule has 2 aromatic carbocycles. The molecule has 3 rings (SSSR count). The molecule has 7 heteroatoms. The van der Waals surface area contributed by atoms with E-state index in [-0.39, 0.29) is 0 Å². The highest BCUT2D eigenvalue weighted by Crippen LogP contribution is 2.34. The van der Waals surface area contributed by atoms with Crippen LogP contribution in [0.15, 0.2) is 42.6 Å². The first-order chi connectivity index (χ1) is 12.1. The number of aromatic nitrogens is 1. The van der Waals surface area contributed by atoms with Crippen LogP contribution in [0.5, 0.6) is 17.2 Å². The number of nitrogen functional groups attached to an aromatic ring is 1. The van der Waals surface area contributed by atoms with Gasteiger partial charge in [0.15, 0.2) is 0 Å². The van der Waals surface area contributed by atoms with Gasteiger partial charge in [-0.2, -0.15) is 0 Å². The summed E-state index contributed by atoms with van der Waals surface area (Å²) >= 11 is 0.817. The average molecular weight is 357 g/mol. The molecule has 3 aromatic rings. The van der Waals surface area contributed by atoms with E-state index in [9.17, 15) is 0 Å². The van der Waals surface area contributed by atoms with Crippen LogP contribution in [0.25, 0.3) is 10.9 Å². The lowest BCUT2D eigenvalue weighted by atomic mass is 10.1. The van der Waals surface area contributed by atoms with Crippen molar-refractivity contribution in [1.29, 1.82) is 0 Å². The van der Waals surface area contributed by atoms with Crippen LogP contribution in [0, 0.1) is 6.92 Å². The highest BCUT2D eigenvalue weighted by Gasteiger charge is 2.11. The van der Waals surface area contributed by atoms with Gasteiger partial charge in [-0.05, 0) is 42.8 Å². The Bertz CT molecular complexity index is 902. The maximum atomic E-state index is 6.05. The zero-order valence-corrected chi connectivity index (χ0v) is 14.8. The minimum Gasteiger partial charge on any atom is -0.496 e. The summed E-state index contributed by atoms with van der Waals surface area (Å²) in [5, 5.41) is 6.20. The van der Waals surface area contributed by atoms with E-state index in [1.54, 1.807) is 13.3 Å². The standard InChI is InChI=1S/C18H19N3O3S/c1-11-7-13(3-4-15(11)19)24-17-5-6-21-16-9-18(22-2)12(8-14(16)17)10-23-25-20/h3-9H,10,19-20H2,1-2H3. The largest absolute Gasteiger partial charge is 0.496 e. The molecule has 1 aromatic heterocycles. The van der Waals surface area contributed by atoms with E-state index in [1.165, 1.54) is 0 Å². The van der Waals surface area contributed by atoms with Gasteiger partial charge in [-0.3, -0.25) is 14.3 Å². The maximum Gasteiger partial charge on any atom is 0.138 e. The Labute approximate surface area is 150 Å². The quantitative estimate of drug-likeness (QED) is 0.392. The predicted molar refractivity (Wildman–Crippen MR) is 101 cm³/mol. The number of ether oxygens (including phenoxy) is 2. The molecule has 0 saturated heterocycles. The first kappa shape index (κ1) is 17.3. The Kier molecular flexibility index (Phi) is 5.28. The van der Waals surface area contributed by atoms with Gasteiger partial charge in [0.1, 0.15) is 17.2 Å². The van der Waals surface area contributed by atoms with Crippen LogP contribution in [0.2, 0.25) is 0 Å². The van der Waals surface area contributed by atoms with Crippen molar-refractivity contribution in [1.82, 2.24) is 4.98 Å². The van der Waals surface area contributed by atoms with E-state index in [1.807, 2.05) is 43.3 Å². The number of hydrogen-bond donors (Lipinski definition) is 2. The highest BCUT2D eigenvalue weighted by molar-refractivity contribution is 7.92. The maximum absolute atomic E-state index is 6.05. The number of nitrogens with zero attached hydrogens (tertiary/aromatic N) is 1. The van der Waals surface area contributed by atoms with E-state index in [4.69, 9.17) is 24.5 Å². The molecule has 0 aliphatic carbocycles. The van der Waals surface area contributed by atoms with Crippen molar-refractivity contribution in [2.75, 3.05) is 12.8 Å². The Morgan fingerprint density at radius 3 is 2.68 bits per heavy atom. The molecular weight excluding hydrogens is 338 g/mol. The van der Waals surface area contributed by atoms with E-state index in [0.717, 1.165) is 39.9 Å². The van der Waals surface area contributed by atoms with Crippen LogP contribution in [-0.4, -0.2) is 12.1 Å². The second kappa shape index (κ2) is 7.60. The monoisotopic (exact) mass is 357 g/mol. The van der Waals surface area contributed by atoms with E-state index >= 15 is 0 Å². The number of rotatable bonds is 6. The number of aryl methyl sites for hydroxylation is 1. The summed E-state index contributed by atoms with van der Waals surface area (Å²) in [5.74, 6) is 2.10. The number of pyridine rings is 1. The van der Waals surface area contributed by atoms with Gasteiger partial charge in [-0.15, -0.1) is 0 Å². The van der Waals surface area contributed by atoms with Gasteiger partial charge in [-0.25, -0.2) is 0 Å². The molecule has 0 spiro atoms. The molecule has 0 fully saturated rings. The number of anilines is 1. The van der Waals surface area contributed by atoms with Crippen LogP contribution >= 0.6 is 12.2 Å². The molecule has 25 heavy (non-hydrogen) atoms. The molecule has 0 aliphatic heterocycles. The van der Waals surface area contributed by atoms with Crippen molar-refractivity contribution in [3.63, 3.8) is 0 Å². The Balaban J connectivity index is 2.03. The first-order valence-electron chi connectivity index (χ1n) is 7.60. The molecule has 4 N–H and O–H groups in total. The predicted octanol–water partition coefficient (Wildman–Crippen LogP) is 3.96. The Morgan fingerprint density at radius 2 is 1.96 bits per heavy atom. The molecule has 0 amide bonds. The lowest BCUT2D eigenvalue weighted by Gasteiger charge is -2.13. The van der Waals surface area contributed by atoms with Gasteiger partial charge >= 0.3 is 0 Å². The third kappa shape index (κ3) is 3.79. The molecule has 0 bridgehead atoms. The summed E-state index contributed by atoms with van der Waals surface area (Å²) in [7, 11) is 1.61. The number of benzene rings is 2. The van der Waals surface area contributed by atoms with Crippen LogP contribution in [-0.2, 0) is 10.8 Å². The number of methoxy groups -OCH3 is 1. The van der Waals surface area contributed by atoms with Crippen molar-refractivity contribution in [2.45, 2.75) is 13.5 Å². The van der Waals surface area contributed by atoms with Crippen LogP contribution < -0.4 is 20.3 Å². The molecule has 0 aliphatic rings. The summed E-state index contributed by atoms with van der Waals surface area (Å²) < 4.78 is 16.7. The summed E-state index contributed by atoms with van der Waals surface area (Å²) in [4.78, 5) is 4.39. The lowest BCUT2D eigenvalue weighted by Crippen LogP contribution is -1.97. The zero-order valence-electron chi connectivity index (χ0n) is 14.0. The third-order valence-electron chi connectivity index (χ3n) is 3.86. The Morgan fingerprint density at radius 1 is 1.12 bits per heavy atom. The summed E-state index contributed by atoms with van der Waals surface area (Å²) in [5.41, 5.74) is 9.19. The summed E-state index contributed by atoms with van der Waals surface area (Å²) in [6.45, 7) is 2.26. The van der Waals surface area contributed by atoms with Crippen molar-refractivity contribution in [3.05, 3.63) is 53.7 Å². The topological polar surface area (TPSA) is 92.6 Å². The first-order valence-corrected chi connectivity index (χ1v) is 8.41. The van der Waals surface area contributed by atoms with E-state index < -0.39 is 0 Å². The van der Waals surface area contributed by atoms with Gasteiger partial charge in [-0.1, -0.05) is 0 Å². The third-order valence-corrected chi connectivity index (χ3v) is 4.11. The van der Waals surface area contributed by atoms with Crippen molar-refractivity contribution < 1.29 is 13.7 Å². The van der Waals surface area contributed by atoms with Crippen molar-refractivity contribution >= 4 is 28.8 Å². The minimum absolute atomic E-state index is 0.315. The van der Waals surface area contributed by atoms with Crippen LogP contribution in [0.1, 0.15) is 11.1 Å². The van der Waals surface area contributed by atoms with Crippen molar-refractivity contribution in [3.8, 4) is 17.2 Å². The van der Waals surface area contributed by atoms with Gasteiger partial charge in [0, 0.05) is 28.9 Å². The Hall–Kier alpha value is -2.48. The van der Waals surface area contributed by atoms with Gasteiger partial charge in [0.2, 0.25) is 0 Å². The number of hydrogen-bond acceptors (Lipinski definition) is 7. The fourth-order valence-corrected chi connectivity index (χ4v) is 2.72. The molecule has 0 atom stereocenters. The van der Waals surface area contributed by atoms with E-state index in [0.29, 0.717) is 23.9 Å². The van der Waals surface area contributed by atoms with Gasteiger partial charge < -0.3 is 15.2 Å². The SMILES string of the molecule is COc1cc2nccc(Oc3ccc(N)c(C)c3)c2cc1COSN. The summed E-state index contributed by atoms with van der Waals surface area (Å²) in [6, 6.07) is 11.2. The van der Waals surface area contributed by atoms with Crippen LogP contribution in [0.4, 0.5) is 5.69 Å². The van der Waals surface area contributed by atoms with Gasteiger partial charge in [0.05, 0.1) is 31.5 Å². The molecule has 0 unspecified atom stereocenters. The molecule has 6 nitrogen and oxygen atoms in total. The molecule has 130 valence electrons. The molecule has 1 heterocycles. The number of fused-ring (bicyclic) bond motifs is 1. The highest BCUT2D eigenvalue weighted by atomic mass is 32.2. The molecule has 0 saturated carbocycles. The average Bonchev–Trinajstić information content (AvgIpc) is 2.62. The van der Waals surface area contributed by atoms with Crippen molar-refractivity contribution in [2.24, 2.45) is 5.14 Å². The van der Waals surface area contributed by atoms with E-state index in [2.05, 4.69) is 4.98 Å². The second-order valence-electron chi connectivity index (χ2n) is 5.47. The number of nitrogens with two attached hydrogens (primary N) is 2. The minimum atomic E-state index is 0.315. The fraction of sp³-hybridized carbons (Fsp3) is 0.167. The smallest absolute Gasteiger partial charge is 0.138 e. The summed E-state index contributed by atoms with van der Waals surface area (Å²) in [6.07, 6.45) is 1.70. The fourth-order valence-electron chi connectivity index (χ4n) is 2.52. The van der Waals surface area contributed by atoms with Crippen LogP contribution in [0.3, 0.4) is 0 Å². The molecule has 0 radical (unpaired) electrons.